The molecule has 0 atom stereocenters. The smallest absolute Gasteiger partial charge is 0.127 e. The van der Waals surface area contributed by atoms with Crippen molar-refractivity contribution < 1.29 is 9.80 Å². The Morgan fingerprint density at radius 1 is 1.25 bits per heavy atom. The fourth-order valence-electron chi connectivity index (χ4n) is 1.70. The third kappa shape index (κ3) is 2.95. The van der Waals surface area contributed by atoms with Crippen LogP contribution in [0.2, 0.25) is 0 Å². The summed E-state index contributed by atoms with van der Waals surface area (Å²) in [5.74, 6) is 0. The highest BCUT2D eigenvalue weighted by atomic mass is 15.2. The van der Waals surface area contributed by atoms with Crippen molar-refractivity contribution in [2.75, 3.05) is 39.8 Å². The van der Waals surface area contributed by atoms with E-state index < -0.39 is 0 Å². The quantitative estimate of drug-likeness (QED) is 0.460. The topological polar surface area (TPSA) is 8.88 Å². The van der Waals surface area contributed by atoms with Crippen LogP contribution in [0.25, 0.3) is 0 Å². The molecule has 0 radical (unpaired) electrons. The molecule has 1 fully saturated rings. The zero-order chi connectivity index (χ0) is 8.97. The Morgan fingerprint density at radius 3 is 2.33 bits per heavy atom. The maximum atomic E-state index is 2.29. The molecule has 1 heterocycles. The highest BCUT2D eigenvalue weighted by molar-refractivity contribution is 4.94. The lowest BCUT2D eigenvalue weighted by Gasteiger charge is -2.27. The van der Waals surface area contributed by atoms with Crippen molar-refractivity contribution in [3.05, 3.63) is 11.6 Å². The van der Waals surface area contributed by atoms with E-state index in [0.29, 0.717) is 0 Å². The molecule has 2 nitrogen and oxygen atoms in total. The molecule has 2 N–H and O–H groups in total. The number of hydrogen-bond acceptors (Lipinski definition) is 0. The van der Waals surface area contributed by atoms with Gasteiger partial charge in [-0.2, -0.15) is 0 Å². The molecule has 0 aliphatic carbocycles. The summed E-state index contributed by atoms with van der Waals surface area (Å²) in [6, 6.07) is 0. The third-order valence-corrected chi connectivity index (χ3v) is 2.83. The minimum absolute atomic E-state index is 1.25. The lowest BCUT2D eigenvalue weighted by atomic mass is 10.2. The van der Waals surface area contributed by atoms with Crippen molar-refractivity contribution in [3.8, 4) is 0 Å². The van der Waals surface area contributed by atoms with Crippen LogP contribution in [0.5, 0.6) is 0 Å². The Kier molecular flexibility index (Phi) is 3.76. The van der Waals surface area contributed by atoms with Crippen LogP contribution >= 0.6 is 0 Å². The molecule has 0 amide bonds. The Labute approximate surface area is 75.8 Å². The second kappa shape index (κ2) is 4.63. The predicted molar refractivity (Wildman–Crippen MR) is 51.6 cm³/mol. The summed E-state index contributed by atoms with van der Waals surface area (Å²) in [5.41, 5.74) is 1.53. The third-order valence-electron chi connectivity index (χ3n) is 2.83. The molecule has 0 aromatic carbocycles. The summed E-state index contributed by atoms with van der Waals surface area (Å²) in [5, 5.41) is 0. The first-order chi connectivity index (χ1) is 5.72. The van der Waals surface area contributed by atoms with Crippen molar-refractivity contribution in [1.82, 2.24) is 0 Å². The number of likely N-dealkylation sites (N-methyl/N-ethyl adjacent to an activating group) is 1. The van der Waals surface area contributed by atoms with E-state index in [0.717, 1.165) is 0 Å². The van der Waals surface area contributed by atoms with Crippen LogP contribution in [-0.4, -0.2) is 39.8 Å². The molecule has 2 heteroatoms. The standard InChI is InChI=1S/C10H20N2/c1-4-10(2)9-12-7-5-11(3)6-8-12/h4H,5-9H2,1-3H3/p+2/b10-4-. The fourth-order valence-corrected chi connectivity index (χ4v) is 1.70. The highest BCUT2D eigenvalue weighted by Crippen LogP contribution is 1.84. The largest absolute Gasteiger partial charge is 0.328 e. The summed E-state index contributed by atoms with van der Waals surface area (Å²) in [4.78, 5) is 3.45. The monoisotopic (exact) mass is 170 g/mol. The zero-order valence-electron chi connectivity index (χ0n) is 8.61. The molecule has 1 aliphatic heterocycles. The SMILES string of the molecule is C/C=C(/C)C[NH+]1CC[NH+](C)CC1. The second-order valence-corrected chi connectivity index (χ2v) is 4.02. The highest BCUT2D eigenvalue weighted by Gasteiger charge is 2.19. The van der Waals surface area contributed by atoms with Crippen molar-refractivity contribution in [1.29, 1.82) is 0 Å². The lowest BCUT2D eigenvalue weighted by molar-refractivity contribution is -1.00. The van der Waals surface area contributed by atoms with E-state index in [-0.39, 0.29) is 0 Å². The number of allylic oxidation sites excluding steroid dienone is 1. The summed E-state index contributed by atoms with van der Waals surface area (Å²) in [6.07, 6.45) is 2.23. The first-order valence-corrected chi connectivity index (χ1v) is 4.99. The summed E-state index contributed by atoms with van der Waals surface area (Å²) in [7, 11) is 2.29. The van der Waals surface area contributed by atoms with E-state index in [2.05, 4.69) is 27.0 Å². The van der Waals surface area contributed by atoms with E-state index in [4.69, 9.17) is 0 Å². The molecule has 0 bridgehead atoms. The maximum Gasteiger partial charge on any atom is 0.127 e. The predicted octanol–water partition coefficient (Wildman–Crippen LogP) is -1.63. The van der Waals surface area contributed by atoms with Gasteiger partial charge in [0.05, 0.1) is 13.6 Å². The van der Waals surface area contributed by atoms with Crippen molar-refractivity contribution in [3.63, 3.8) is 0 Å². The average molecular weight is 170 g/mol. The molecule has 12 heavy (non-hydrogen) atoms. The van der Waals surface area contributed by atoms with Gasteiger partial charge in [0.1, 0.15) is 26.2 Å². The Bertz CT molecular complexity index is 155. The van der Waals surface area contributed by atoms with Crippen LogP contribution in [-0.2, 0) is 0 Å². The molecule has 0 spiro atoms. The number of rotatable bonds is 2. The van der Waals surface area contributed by atoms with E-state index in [9.17, 15) is 0 Å². The van der Waals surface area contributed by atoms with Gasteiger partial charge in [-0.3, -0.25) is 0 Å². The van der Waals surface area contributed by atoms with Gasteiger partial charge in [-0.05, 0) is 19.4 Å². The first-order valence-electron chi connectivity index (χ1n) is 4.99. The molecule has 0 unspecified atom stereocenters. The van der Waals surface area contributed by atoms with Crippen LogP contribution in [0.4, 0.5) is 0 Å². The maximum absolute atomic E-state index is 2.29. The molecule has 70 valence electrons. The van der Waals surface area contributed by atoms with E-state index >= 15 is 0 Å². The van der Waals surface area contributed by atoms with Crippen LogP contribution in [0, 0.1) is 0 Å². The fraction of sp³-hybridized carbons (Fsp3) is 0.800. The Morgan fingerprint density at radius 2 is 1.83 bits per heavy atom. The molecule has 1 saturated heterocycles. The number of piperazine rings is 1. The summed E-state index contributed by atoms with van der Waals surface area (Å²) < 4.78 is 0. The van der Waals surface area contributed by atoms with Gasteiger partial charge in [0.25, 0.3) is 0 Å². The Balaban J connectivity index is 2.26. The van der Waals surface area contributed by atoms with Gasteiger partial charge in [0, 0.05) is 0 Å². The molecular formula is C10H22N2+2. The van der Waals surface area contributed by atoms with E-state index in [1.807, 2.05) is 0 Å². The molecule has 0 aromatic rings. The van der Waals surface area contributed by atoms with Gasteiger partial charge in [0.2, 0.25) is 0 Å². The minimum Gasteiger partial charge on any atom is -0.328 e. The zero-order valence-corrected chi connectivity index (χ0v) is 8.61. The number of nitrogens with one attached hydrogen (secondary N) is 2. The second-order valence-electron chi connectivity index (χ2n) is 4.02. The van der Waals surface area contributed by atoms with Crippen LogP contribution < -0.4 is 9.80 Å². The number of quaternary nitrogens is 2. The van der Waals surface area contributed by atoms with Crippen LogP contribution in [0.1, 0.15) is 13.8 Å². The molecular weight excluding hydrogens is 148 g/mol. The summed E-state index contributed by atoms with van der Waals surface area (Å²) >= 11 is 0. The van der Waals surface area contributed by atoms with Gasteiger partial charge in [0.15, 0.2) is 0 Å². The van der Waals surface area contributed by atoms with Crippen molar-refractivity contribution in [2.24, 2.45) is 0 Å². The normalized spacial score (nSPS) is 32.1. The van der Waals surface area contributed by atoms with Gasteiger partial charge in [-0.25, -0.2) is 0 Å². The molecule has 0 aromatic heterocycles. The average Bonchev–Trinajstić information content (AvgIpc) is 2.09. The molecule has 0 saturated carbocycles. The van der Waals surface area contributed by atoms with Crippen LogP contribution in [0.15, 0.2) is 11.6 Å². The van der Waals surface area contributed by atoms with E-state index in [1.165, 1.54) is 38.3 Å². The van der Waals surface area contributed by atoms with Crippen LogP contribution in [0.3, 0.4) is 0 Å². The van der Waals surface area contributed by atoms with Crippen molar-refractivity contribution >= 4 is 0 Å². The molecule has 1 rings (SSSR count). The lowest BCUT2D eigenvalue weighted by Crippen LogP contribution is -3.27. The van der Waals surface area contributed by atoms with Crippen molar-refractivity contribution in [2.45, 2.75) is 13.8 Å². The van der Waals surface area contributed by atoms with Gasteiger partial charge in [-0.15, -0.1) is 0 Å². The molecule has 1 aliphatic rings. The Hall–Kier alpha value is -0.340. The minimum atomic E-state index is 1.25. The first kappa shape index (κ1) is 9.75. The van der Waals surface area contributed by atoms with Gasteiger partial charge < -0.3 is 9.80 Å². The van der Waals surface area contributed by atoms with Gasteiger partial charge in [-0.1, -0.05) is 6.08 Å². The van der Waals surface area contributed by atoms with Gasteiger partial charge >= 0.3 is 0 Å². The number of hydrogen-bond donors (Lipinski definition) is 2. The summed E-state index contributed by atoms with van der Waals surface area (Å²) in [6.45, 7) is 11.0. The van der Waals surface area contributed by atoms with E-state index in [1.54, 1.807) is 9.80 Å².